The molecule has 1 aromatic heterocycles. The lowest BCUT2D eigenvalue weighted by Gasteiger charge is -2.41. The Bertz CT molecular complexity index is 495. The Balaban J connectivity index is 2.23. The average Bonchev–Trinajstić information content (AvgIpc) is 2.67. The van der Waals surface area contributed by atoms with E-state index in [2.05, 4.69) is 10.3 Å². The molecule has 1 aliphatic rings. The van der Waals surface area contributed by atoms with Crippen LogP contribution in [0.1, 0.15) is 30.7 Å². The summed E-state index contributed by atoms with van der Waals surface area (Å²) in [7, 11) is 0. The lowest BCUT2D eigenvalue weighted by atomic mass is 9.97. The molecule has 5 nitrogen and oxygen atoms in total. The van der Waals surface area contributed by atoms with Gasteiger partial charge in [-0.25, -0.2) is 4.98 Å². The first-order chi connectivity index (χ1) is 8.31. The van der Waals surface area contributed by atoms with E-state index in [0.717, 1.165) is 9.88 Å². The zero-order valence-corrected chi connectivity index (χ0v) is 11.8. The van der Waals surface area contributed by atoms with Gasteiger partial charge >= 0.3 is 0 Å². The number of hydrogen-bond donors (Lipinski definition) is 1. The number of carbonyl (C=O) groups is 2. The highest BCUT2D eigenvalue weighted by Gasteiger charge is 2.43. The predicted octanol–water partition coefficient (Wildman–Crippen LogP) is 1.08. The summed E-state index contributed by atoms with van der Waals surface area (Å²) in [5, 5.41) is 3.59. The van der Waals surface area contributed by atoms with Gasteiger partial charge in [0, 0.05) is 11.1 Å². The zero-order valence-electron chi connectivity index (χ0n) is 11.0. The Morgan fingerprint density at radius 1 is 1.50 bits per heavy atom. The molecular formula is C12H17N3O2S. The van der Waals surface area contributed by atoms with Gasteiger partial charge in [-0.15, -0.1) is 11.3 Å². The molecule has 1 saturated heterocycles. The van der Waals surface area contributed by atoms with Gasteiger partial charge in [0.15, 0.2) is 0 Å². The quantitative estimate of drug-likeness (QED) is 0.872. The number of rotatable bonds is 2. The molecule has 6 heteroatoms. The van der Waals surface area contributed by atoms with Gasteiger partial charge in [0.1, 0.15) is 16.6 Å². The van der Waals surface area contributed by atoms with Crippen molar-refractivity contribution in [3.63, 3.8) is 0 Å². The second-order valence-electron chi connectivity index (χ2n) is 5.09. The molecule has 0 saturated carbocycles. The molecule has 0 aliphatic carbocycles. The molecule has 1 aliphatic heterocycles. The second-order valence-corrected chi connectivity index (χ2v) is 6.41. The van der Waals surface area contributed by atoms with E-state index < -0.39 is 11.6 Å². The van der Waals surface area contributed by atoms with Crippen molar-refractivity contribution in [1.82, 2.24) is 15.2 Å². The number of hydrogen-bond acceptors (Lipinski definition) is 4. The molecular weight excluding hydrogens is 250 g/mol. The molecule has 2 amide bonds. The number of amides is 2. The van der Waals surface area contributed by atoms with E-state index in [1.807, 2.05) is 6.92 Å². The van der Waals surface area contributed by atoms with Gasteiger partial charge in [-0.2, -0.15) is 0 Å². The second kappa shape index (κ2) is 4.35. The normalized spacial score (nSPS) is 23.1. The van der Waals surface area contributed by atoms with Crippen LogP contribution in [0.4, 0.5) is 0 Å². The number of aromatic nitrogens is 1. The van der Waals surface area contributed by atoms with Crippen molar-refractivity contribution in [2.24, 2.45) is 0 Å². The van der Waals surface area contributed by atoms with Gasteiger partial charge in [0.25, 0.3) is 0 Å². The number of nitrogens with zero attached hydrogens (tertiary/aromatic N) is 2. The van der Waals surface area contributed by atoms with E-state index in [4.69, 9.17) is 0 Å². The molecule has 0 radical (unpaired) electrons. The summed E-state index contributed by atoms with van der Waals surface area (Å²) in [4.78, 5) is 31.1. The summed E-state index contributed by atoms with van der Waals surface area (Å²) in [5.74, 6) is -0.185. The molecule has 18 heavy (non-hydrogen) atoms. The Hall–Kier alpha value is -1.43. The number of nitrogens with one attached hydrogen (secondary N) is 1. The number of carbonyl (C=O) groups excluding carboxylic acids is 2. The maximum Gasteiger partial charge on any atom is 0.248 e. The Labute approximate surface area is 110 Å². The summed E-state index contributed by atoms with van der Waals surface area (Å²) >= 11 is 1.55. The van der Waals surface area contributed by atoms with Crippen LogP contribution in [0.3, 0.4) is 0 Å². The summed E-state index contributed by atoms with van der Waals surface area (Å²) in [6.45, 7) is 7.55. The predicted molar refractivity (Wildman–Crippen MR) is 69.1 cm³/mol. The highest BCUT2D eigenvalue weighted by Crippen LogP contribution is 2.22. The molecule has 1 fully saturated rings. The minimum Gasteiger partial charge on any atom is -0.340 e. The van der Waals surface area contributed by atoms with Gasteiger partial charge < -0.3 is 10.2 Å². The zero-order chi connectivity index (χ0) is 13.5. The molecule has 0 bridgehead atoms. The SMILES string of the molecule is Cc1cnc(CN2C(=O)C(C)(C)NC(=O)C2C)s1. The molecule has 1 aromatic rings. The highest BCUT2D eigenvalue weighted by molar-refractivity contribution is 7.11. The molecule has 2 rings (SSSR count). The van der Waals surface area contributed by atoms with Gasteiger partial charge in [-0.05, 0) is 27.7 Å². The van der Waals surface area contributed by atoms with Crippen molar-refractivity contribution >= 4 is 23.2 Å². The minimum atomic E-state index is -0.837. The standard InChI is InChI=1S/C12H17N3O2S/c1-7-5-13-9(18-7)6-15-8(2)10(16)14-12(3,4)11(15)17/h5,8H,6H2,1-4H3,(H,14,16). The monoisotopic (exact) mass is 267 g/mol. The molecule has 1 N–H and O–H groups in total. The lowest BCUT2D eigenvalue weighted by molar-refractivity contribution is -0.153. The van der Waals surface area contributed by atoms with E-state index >= 15 is 0 Å². The van der Waals surface area contributed by atoms with Crippen LogP contribution in [0.2, 0.25) is 0 Å². The molecule has 0 aromatic carbocycles. The first-order valence-corrected chi connectivity index (χ1v) is 6.67. The Morgan fingerprint density at radius 2 is 2.17 bits per heavy atom. The van der Waals surface area contributed by atoms with Crippen LogP contribution in [-0.4, -0.2) is 33.3 Å². The van der Waals surface area contributed by atoms with Crippen molar-refractivity contribution in [3.05, 3.63) is 16.1 Å². The van der Waals surface area contributed by atoms with Gasteiger partial charge in [0.05, 0.1) is 6.54 Å². The fourth-order valence-electron chi connectivity index (χ4n) is 1.97. The van der Waals surface area contributed by atoms with Gasteiger partial charge in [0.2, 0.25) is 11.8 Å². The van der Waals surface area contributed by atoms with Crippen molar-refractivity contribution in [2.75, 3.05) is 0 Å². The smallest absolute Gasteiger partial charge is 0.248 e. The minimum absolute atomic E-state index is 0.0672. The third-order valence-corrected chi connectivity index (χ3v) is 3.95. The van der Waals surface area contributed by atoms with E-state index in [-0.39, 0.29) is 11.8 Å². The van der Waals surface area contributed by atoms with Crippen LogP contribution in [0.25, 0.3) is 0 Å². The molecule has 0 spiro atoms. The number of thiazole rings is 1. The van der Waals surface area contributed by atoms with Crippen molar-refractivity contribution in [2.45, 2.75) is 45.8 Å². The molecule has 1 atom stereocenters. The van der Waals surface area contributed by atoms with Crippen LogP contribution in [0.15, 0.2) is 6.20 Å². The maximum atomic E-state index is 12.3. The fraction of sp³-hybridized carbons (Fsp3) is 0.583. The Morgan fingerprint density at radius 3 is 2.72 bits per heavy atom. The number of piperazine rings is 1. The summed E-state index contributed by atoms with van der Waals surface area (Å²) in [5.41, 5.74) is -0.837. The van der Waals surface area contributed by atoms with Crippen LogP contribution >= 0.6 is 11.3 Å². The van der Waals surface area contributed by atoms with Crippen molar-refractivity contribution < 1.29 is 9.59 Å². The largest absolute Gasteiger partial charge is 0.340 e. The van der Waals surface area contributed by atoms with E-state index in [9.17, 15) is 9.59 Å². The summed E-state index contributed by atoms with van der Waals surface area (Å²) in [6, 6.07) is -0.449. The lowest BCUT2D eigenvalue weighted by Crippen LogP contribution is -2.66. The third kappa shape index (κ3) is 2.25. The third-order valence-electron chi connectivity index (χ3n) is 3.05. The van der Waals surface area contributed by atoms with Gasteiger partial charge in [-0.1, -0.05) is 0 Å². The average molecular weight is 267 g/mol. The van der Waals surface area contributed by atoms with Gasteiger partial charge in [-0.3, -0.25) is 9.59 Å². The van der Waals surface area contributed by atoms with E-state index in [1.54, 1.807) is 43.2 Å². The first-order valence-electron chi connectivity index (χ1n) is 5.85. The van der Waals surface area contributed by atoms with E-state index in [1.165, 1.54) is 0 Å². The highest BCUT2D eigenvalue weighted by atomic mass is 32.1. The molecule has 98 valence electrons. The van der Waals surface area contributed by atoms with Crippen LogP contribution in [0.5, 0.6) is 0 Å². The van der Waals surface area contributed by atoms with Crippen molar-refractivity contribution in [3.8, 4) is 0 Å². The fourth-order valence-corrected chi connectivity index (χ4v) is 2.76. The van der Waals surface area contributed by atoms with Crippen LogP contribution in [0, 0.1) is 6.92 Å². The van der Waals surface area contributed by atoms with Crippen LogP contribution in [-0.2, 0) is 16.1 Å². The first kappa shape index (κ1) is 13.0. The Kier molecular flexibility index (Phi) is 3.14. The topological polar surface area (TPSA) is 62.3 Å². The summed E-state index contributed by atoms with van der Waals surface area (Å²) < 4.78 is 0. The summed E-state index contributed by atoms with van der Waals surface area (Å²) in [6.07, 6.45) is 1.78. The molecule has 2 heterocycles. The van der Waals surface area contributed by atoms with Crippen LogP contribution < -0.4 is 5.32 Å². The molecule has 1 unspecified atom stereocenters. The van der Waals surface area contributed by atoms with Crippen molar-refractivity contribution in [1.29, 1.82) is 0 Å². The van der Waals surface area contributed by atoms with E-state index in [0.29, 0.717) is 6.54 Å². The maximum absolute atomic E-state index is 12.3. The number of aryl methyl sites for hydroxylation is 1.